The molecule has 0 aliphatic heterocycles. The topological polar surface area (TPSA) is 120 Å². The molecule has 0 saturated heterocycles. The molecular formula is C31H31N7O. The monoisotopic (exact) mass is 517 g/mol. The van der Waals surface area contributed by atoms with Crippen LogP contribution in [0.25, 0.3) is 11.1 Å². The molecule has 5 rings (SSSR count). The van der Waals surface area contributed by atoms with Crippen LogP contribution in [0.4, 0.5) is 22.1 Å². The number of pyridine rings is 2. The SMILES string of the molecule is N#Cc1ccc(NC2CCC(N(C(=O)NCc3ccccc3)c3ccc(-c4cccnc4N)cc3)CC2)nc1. The van der Waals surface area contributed by atoms with Gasteiger partial charge in [0.15, 0.2) is 0 Å². The van der Waals surface area contributed by atoms with Crippen LogP contribution in [0.1, 0.15) is 36.8 Å². The first-order valence-electron chi connectivity index (χ1n) is 13.2. The van der Waals surface area contributed by atoms with Crippen molar-refractivity contribution in [2.45, 2.75) is 44.3 Å². The van der Waals surface area contributed by atoms with Gasteiger partial charge in [-0.15, -0.1) is 0 Å². The van der Waals surface area contributed by atoms with Gasteiger partial charge in [-0.2, -0.15) is 5.26 Å². The summed E-state index contributed by atoms with van der Waals surface area (Å²) in [4.78, 5) is 24.0. The summed E-state index contributed by atoms with van der Waals surface area (Å²) >= 11 is 0. The molecule has 0 atom stereocenters. The number of rotatable bonds is 7. The molecule has 1 fully saturated rings. The zero-order chi connectivity index (χ0) is 27.0. The Labute approximate surface area is 228 Å². The van der Waals surface area contributed by atoms with E-state index in [1.165, 1.54) is 0 Å². The minimum Gasteiger partial charge on any atom is -0.383 e. The fourth-order valence-corrected chi connectivity index (χ4v) is 5.05. The predicted molar refractivity (Wildman–Crippen MR) is 154 cm³/mol. The lowest BCUT2D eigenvalue weighted by atomic mass is 9.89. The molecule has 1 saturated carbocycles. The molecular weight excluding hydrogens is 486 g/mol. The van der Waals surface area contributed by atoms with Gasteiger partial charge in [-0.25, -0.2) is 14.8 Å². The summed E-state index contributed by atoms with van der Waals surface area (Å²) < 4.78 is 0. The Balaban J connectivity index is 1.31. The number of carbonyl (C=O) groups excluding carboxylic acids is 1. The second-order valence-electron chi connectivity index (χ2n) is 9.69. The van der Waals surface area contributed by atoms with Crippen molar-refractivity contribution in [2.75, 3.05) is 16.0 Å². The largest absolute Gasteiger partial charge is 0.383 e. The number of nitriles is 1. The highest BCUT2D eigenvalue weighted by Gasteiger charge is 2.30. The van der Waals surface area contributed by atoms with Crippen molar-refractivity contribution >= 4 is 23.4 Å². The number of amides is 2. The van der Waals surface area contributed by atoms with E-state index in [0.717, 1.165) is 53.9 Å². The van der Waals surface area contributed by atoms with Crippen LogP contribution in [0.15, 0.2) is 91.3 Å². The fourth-order valence-electron chi connectivity index (χ4n) is 5.05. The van der Waals surface area contributed by atoms with Gasteiger partial charge in [-0.1, -0.05) is 42.5 Å². The van der Waals surface area contributed by atoms with Gasteiger partial charge in [0.25, 0.3) is 0 Å². The van der Waals surface area contributed by atoms with Gasteiger partial charge in [0.05, 0.1) is 5.56 Å². The third kappa shape index (κ3) is 6.33. The van der Waals surface area contributed by atoms with Crippen molar-refractivity contribution in [3.8, 4) is 17.2 Å². The van der Waals surface area contributed by atoms with E-state index in [-0.39, 0.29) is 18.1 Å². The molecule has 0 spiro atoms. The van der Waals surface area contributed by atoms with Gasteiger partial charge in [0, 0.05) is 42.3 Å². The number of nitrogens with zero attached hydrogens (tertiary/aromatic N) is 4. The minimum absolute atomic E-state index is 0.0575. The summed E-state index contributed by atoms with van der Waals surface area (Å²) in [6.45, 7) is 0.460. The van der Waals surface area contributed by atoms with E-state index < -0.39 is 0 Å². The van der Waals surface area contributed by atoms with Crippen molar-refractivity contribution in [1.82, 2.24) is 15.3 Å². The normalized spacial score (nSPS) is 16.6. The molecule has 1 aliphatic carbocycles. The maximum Gasteiger partial charge on any atom is 0.322 e. The van der Waals surface area contributed by atoms with Crippen molar-refractivity contribution in [1.29, 1.82) is 5.26 Å². The number of nitrogens with one attached hydrogen (secondary N) is 2. The number of urea groups is 1. The molecule has 2 aromatic carbocycles. The summed E-state index contributed by atoms with van der Waals surface area (Å²) in [6.07, 6.45) is 6.76. The summed E-state index contributed by atoms with van der Waals surface area (Å²) in [7, 11) is 0. The van der Waals surface area contributed by atoms with Crippen LogP contribution in [0, 0.1) is 11.3 Å². The number of aromatic nitrogens is 2. The molecule has 0 unspecified atom stereocenters. The molecule has 39 heavy (non-hydrogen) atoms. The highest BCUT2D eigenvalue weighted by atomic mass is 16.2. The van der Waals surface area contributed by atoms with Gasteiger partial charge in [-0.3, -0.25) is 4.90 Å². The third-order valence-corrected chi connectivity index (χ3v) is 7.11. The molecule has 1 aliphatic rings. The quantitative estimate of drug-likeness (QED) is 0.288. The molecule has 8 nitrogen and oxygen atoms in total. The number of benzene rings is 2. The Hall–Kier alpha value is -4.90. The molecule has 2 aromatic heterocycles. The Morgan fingerprint density at radius 1 is 0.949 bits per heavy atom. The molecule has 2 amide bonds. The highest BCUT2D eigenvalue weighted by molar-refractivity contribution is 5.93. The summed E-state index contributed by atoms with van der Waals surface area (Å²) in [5.41, 5.74) is 10.3. The molecule has 4 N–H and O–H groups in total. The molecule has 4 aromatic rings. The number of nitrogens with two attached hydrogens (primary N) is 1. The van der Waals surface area contributed by atoms with Gasteiger partial charge in [-0.05, 0) is 73.2 Å². The Bertz CT molecular complexity index is 1420. The predicted octanol–water partition coefficient (Wildman–Crippen LogP) is 5.74. The van der Waals surface area contributed by atoms with Crippen molar-refractivity contribution in [3.63, 3.8) is 0 Å². The number of nitrogen functional groups attached to an aromatic ring is 1. The number of anilines is 3. The zero-order valence-electron chi connectivity index (χ0n) is 21.6. The van der Waals surface area contributed by atoms with Gasteiger partial charge >= 0.3 is 6.03 Å². The van der Waals surface area contributed by atoms with Crippen molar-refractivity contribution in [2.24, 2.45) is 0 Å². The summed E-state index contributed by atoms with van der Waals surface area (Å²) in [5.74, 6) is 1.24. The van der Waals surface area contributed by atoms with E-state index in [9.17, 15) is 4.79 Å². The summed E-state index contributed by atoms with van der Waals surface area (Å²) in [6, 6.07) is 27.6. The first-order chi connectivity index (χ1) is 19.1. The lowest BCUT2D eigenvalue weighted by Gasteiger charge is -2.37. The van der Waals surface area contributed by atoms with E-state index in [1.807, 2.05) is 77.7 Å². The van der Waals surface area contributed by atoms with Crippen LogP contribution in [-0.2, 0) is 6.54 Å². The first kappa shape index (κ1) is 25.7. The lowest BCUT2D eigenvalue weighted by molar-refractivity contribution is 0.240. The van der Waals surface area contributed by atoms with Gasteiger partial charge < -0.3 is 16.4 Å². The Kier molecular flexibility index (Phi) is 7.98. The first-order valence-corrected chi connectivity index (χ1v) is 13.2. The average molecular weight is 518 g/mol. The van der Waals surface area contributed by atoms with Gasteiger partial charge in [0.2, 0.25) is 0 Å². The van der Waals surface area contributed by atoms with Crippen LogP contribution >= 0.6 is 0 Å². The van der Waals surface area contributed by atoms with Crippen molar-refractivity contribution in [3.05, 3.63) is 102 Å². The van der Waals surface area contributed by atoms with Crippen molar-refractivity contribution < 1.29 is 4.79 Å². The van der Waals surface area contributed by atoms with E-state index in [2.05, 4.69) is 26.7 Å². The number of carbonyl (C=O) groups is 1. The van der Waals surface area contributed by atoms with Crippen LogP contribution in [0.3, 0.4) is 0 Å². The highest BCUT2D eigenvalue weighted by Crippen LogP contribution is 2.31. The van der Waals surface area contributed by atoms with Crippen LogP contribution in [0.2, 0.25) is 0 Å². The third-order valence-electron chi connectivity index (χ3n) is 7.11. The Morgan fingerprint density at radius 2 is 1.72 bits per heavy atom. The number of hydrogen-bond acceptors (Lipinski definition) is 6. The molecule has 8 heteroatoms. The smallest absolute Gasteiger partial charge is 0.322 e. The summed E-state index contributed by atoms with van der Waals surface area (Å²) in [5, 5.41) is 15.6. The van der Waals surface area contributed by atoms with E-state index in [4.69, 9.17) is 11.0 Å². The Morgan fingerprint density at radius 3 is 2.38 bits per heavy atom. The fraction of sp³-hybridized carbons (Fsp3) is 0.226. The second kappa shape index (κ2) is 12.1. The van der Waals surface area contributed by atoms with E-state index >= 15 is 0 Å². The molecule has 0 bridgehead atoms. The standard InChI is InChI=1S/C31H31N7O/c32-19-23-8-17-29(35-21-23)37-25-11-15-27(16-12-25)38(31(39)36-20-22-5-2-1-3-6-22)26-13-9-24(10-14-26)28-7-4-18-34-30(28)33/h1-10,13-14,17-18,21,25,27H,11-12,15-16,20H2,(H2,33,34)(H,35,37)(H,36,39). The number of hydrogen-bond donors (Lipinski definition) is 3. The maximum atomic E-state index is 13.6. The van der Waals surface area contributed by atoms with Crippen LogP contribution in [0.5, 0.6) is 0 Å². The van der Waals surface area contributed by atoms with E-state index in [1.54, 1.807) is 18.5 Å². The average Bonchev–Trinajstić information content (AvgIpc) is 2.99. The zero-order valence-corrected chi connectivity index (χ0v) is 21.6. The second-order valence-corrected chi connectivity index (χ2v) is 9.69. The molecule has 2 heterocycles. The van der Waals surface area contributed by atoms with E-state index in [0.29, 0.717) is 17.9 Å². The molecule has 0 radical (unpaired) electrons. The lowest BCUT2D eigenvalue weighted by Crippen LogP contribution is -2.48. The van der Waals surface area contributed by atoms with Gasteiger partial charge in [0.1, 0.15) is 17.7 Å². The molecule has 196 valence electrons. The van der Waals surface area contributed by atoms with Crippen LogP contribution < -0.4 is 21.3 Å². The minimum atomic E-state index is -0.113. The maximum absolute atomic E-state index is 13.6. The van der Waals surface area contributed by atoms with Crippen LogP contribution in [-0.4, -0.2) is 28.1 Å².